The van der Waals surface area contributed by atoms with Crippen LogP contribution in [0.1, 0.15) is 47.0 Å². The topological polar surface area (TPSA) is 61.9 Å². The van der Waals surface area contributed by atoms with Gasteiger partial charge < -0.3 is 19.9 Å². The molecular formula is C17H31N3O3. The molecule has 2 rings (SSSR count). The minimum Gasteiger partial charge on any atom is -0.444 e. The number of ether oxygens (including phenoxy) is 1. The molecular weight excluding hydrogens is 294 g/mol. The van der Waals surface area contributed by atoms with Crippen LogP contribution < -0.4 is 5.32 Å². The number of nitrogens with one attached hydrogen (secondary N) is 1. The predicted molar refractivity (Wildman–Crippen MR) is 89.2 cm³/mol. The first-order chi connectivity index (χ1) is 10.8. The number of hydrogen-bond donors (Lipinski definition) is 1. The lowest BCUT2D eigenvalue weighted by Crippen LogP contribution is -2.53. The molecule has 1 saturated heterocycles. The Bertz CT molecular complexity index is 425. The van der Waals surface area contributed by atoms with Gasteiger partial charge in [-0.3, -0.25) is 4.79 Å². The number of nitrogens with zero attached hydrogens (tertiary/aromatic N) is 2. The highest BCUT2D eigenvalue weighted by molar-refractivity contribution is 5.78. The largest absolute Gasteiger partial charge is 0.444 e. The summed E-state index contributed by atoms with van der Waals surface area (Å²) in [6.45, 7) is 10.5. The van der Waals surface area contributed by atoms with Crippen LogP contribution in [0.3, 0.4) is 0 Å². The Morgan fingerprint density at radius 1 is 1.09 bits per heavy atom. The van der Waals surface area contributed by atoms with Crippen molar-refractivity contribution in [3.63, 3.8) is 0 Å². The van der Waals surface area contributed by atoms with Crippen LogP contribution in [0.25, 0.3) is 0 Å². The molecule has 2 atom stereocenters. The summed E-state index contributed by atoms with van der Waals surface area (Å²) >= 11 is 0. The molecule has 0 aromatic rings. The van der Waals surface area contributed by atoms with Gasteiger partial charge in [0.05, 0.1) is 6.54 Å². The van der Waals surface area contributed by atoms with Crippen LogP contribution in [0.15, 0.2) is 0 Å². The van der Waals surface area contributed by atoms with E-state index in [2.05, 4.69) is 12.2 Å². The number of carbonyl (C=O) groups is 2. The highest BCUT2D eigenvalue weighted by Gasteiger charge is 2.28. The lowest BCUT2D eigenvalue weighted by Gasteiger charge is -2.35. The van der Waals surface area contributed by atoms with E-state index >= 15 is 0 Å². The minimum absolute atomic E-state index is 0.132. The maximum atomic E-state index is 12.3. The molecule has 2 fully saturated rings. The van der Waals surface area contributed by atoms with Crippen molar-refractivity contribution in [1.82, 2.24) is 15.1 Å². The quantitative estimate of drug-likeness (QED) is 0.860. The van der Waals surface area contributed by atoms with Gasteiger partial charge in [0.15, 0.2) is 0 Å². The van der Waals surface area contributed by atoms with Gasteiger partial charge in [0, 0.05) is 32.2 Å². The first-order valence-electron chi connectivity index (χ1n) is 8.75. The summed E-state index contributed by atoms with van der Waals surface area (Å²) in [6.07, 6.45) is 3.38. The zero-order chi connectivity index (χ0) is 17.0. The molecule has 1 aliphatic carbocycles. The summed E-state index contributed by atoms with van der Waals surface area (Å²) in [5.41, 5.74) is -0.480. The number of rotatable bonds is 3. The maximum absolute atomic E-state index is 12.3. The molecule has 0 aromatic heterocycles. The SMILES string of the molecule is CC1CCCC1NCC(=O)N1CCN(C(=O)OC(C)(C)C)CC1. The van der Waals surface area contributed by atoms with E-state index in [1.165, 1.54) is 19.3 Å². The number of hydrogen-bond acceptors (Lipinski definition) is 4. The zero-order valence-corrected chi connectivity index (χ0v) is 14.9. The maximum Gasteiger partial charge on any atom is 0.410 e. The van der Waals surface area contributed by atoms with E-state index in [1.807, 2.05) is 25.7 Å². The van der Waals surface area contributed by atoms with Crippen LogP contribution in [0.4, 0.5) is 4.79 Å². The van der Waals surface area contributed by atoms with Gasteiger partial charge in [0.25, 0.3) is 0 Å². The van der Waals surface area contributed by atoms with Crippen LogP contribution in [0.5, 0.6) is 0 Å². The zero-order valence-electron chi connectivity index (χ0n) is 14.9. The van der Waals surface area contributed by atoms with Crippen molar-refractivity contribution in [2.24, 2.45) is 5.92 Å². The van der Waals surface area contributed by atoms with E-state index in [-0.39, 0.29) is 12.0 Å². The smallest absolute Gasteiger partial charge is 0.410 e. The van der Waals surface area contributed by atoms with E-state index in [9.17, 15) is 9.59 Å². The third kappa shape index (κ3) is 5.37. The van der Waals surface area contributed by atoms with Gasteiger partial charge >= 0.3 is 6.09 Å². The molecule has 2 amide bonds. The van der Waals surface area contributed by atoms with Crippen LogP contribution in [-0.4, -0.2) is 66.2 Å². The fourth-order valence-electron chi connectivity index (χ4n) is 3.24. The molecule has 0 radical (unpaired) electrons. The average molecular weight is 325 g/mol. The van der Waals surface area contributed by atoms with E-state index in [0.717, 1.165) is 0 Å². The third-order valence-electron chi connectivity index (χ3n) is 4.66. The third-order valence-corrected chi connectivity index (χ3v) is 4.66. The fraction of sp³-hybridized carbons (Fsp3) is 0.882. The van der Waals surface area contributed by atoms with Crippen LogP contribution >= 0.6 is 0 Å². The van der Waals surface area contributed by atoms with Crippen molar-refractivity contribution in [2.75, 3.05) is 32.7 Å². The Morgan fingerprint density at radius 3 is 2.22 bits per heavy atom. The molecule has 6 heteroatoms. The summed E-state index contributed by atoms with van der Waals surface area (Å²) in [5.74, 6) is 0.791. The Labute approximate surface area is 139 Å². The summed E-state index contributed by atoms with van der Waals surface area (Å²) in [7, 11) is 0. The highest BCUT2D eigenvalue weighted by Crippen LogP contribution is 2.24. The molecule has 0 spiro atoms. The Morgan fingerprint density at radius 2 is 1.70 bits per heavy atom. The van der Waals surface area contributed by atoms with Gasteiger partial charge in [0.2, 0.25) is 5.91 Å². The predicted octanol–water partition coefficient (Wildman–Crippen LogP) is 1.84. The van der Waals surface area contributed by atoms with Gasteiger partial charge in [-0.1, -0.05) is 13.3 Å². The molecule has 1 N–H and O–H groups in total. The van der Waals surface area contributed by atoms with E-state index in [0.29, 0.717) is 44.7 Å². The standard InChI is InChI=1S/C17H31N3O3/c1-13-6-5-7-14(13)18-12-15(21)19-8-10-20(11-9-19)16(22)23-17(2,3)4/h13-14,18H,5-12H2,1-4H3. The molecule has 1 saturated carbocycles. The van der Waals surface area contributed by atoms with Crippen molar-refractivity contribution >= 4 is 12.0 Å². The van der Waals surface area contributed by atoms with Gasteiger partial charge in [-0.05, 0) is 39.5 Å². The Kier molecular flexibility index (Phi) is 5.89. The van der Waals surface area contributed by atoms with Gasteiger partial charge in [0.1, 0.15) is 5.60 Å². The highest BCUT2D eigenvalue weighted by atomic mass is 16.6. The summed E-state index contributed by atoms with van der Waals surface area (Å²) in [4.78, 5) is 27.8. The van der Waals surface area contributed by atoms with Gasteiger partial charge in [-0.15, -0.1) is 0 Å². The van der Waals surface area contributed by atoms with Crippen LogP contribution in [0.2, 0.25) is 0 Å². The fourth-order valence-corrected chi connectivity index (χ4v) is 3.24. The first-order valence-corrected chi connectivity index (χ1v) is 8.75. The van der Waals surface area contributed by atoms with E-state index in [4.69, 9.17) is 4.74 Å². The molecule has 1 heterocycles. The van der Waals surface area contributed by atoms with Crippen molar-refractivity contribution in [3.8, 4) is 0 Å². The normalized spacial score (nSPS) is 25.6. The number of amides is 2. The molecule has 2 aliphatic rings. The minimum atomic E-state index is -0.480. The van der Waals surface area contributed by atoms with Gasteiger partial charge in [-0.25, -0.2) is 4.79 Å². The second-order valence-electron chi connectivity index (χ2n) is 7.74. The van der Waals surface area contributed by atoms with E-state index < -0.39 is 5.60 Å². The first kappa shape index (κ1) is 18.0. The van der Waals surface area contributed by atoms with Crippen molar-refractivity contribution < 1.29 is 14.3 Å². The summed E-state index contributed by atoms with van der Waals surface area (Å²) in [6, 6.07) is 0.474. The van der Waals surface area contributed by atoms with Gasteiger partial charge in [-0.2, -0.15) is 0 Å². The number of piperazine rings is 1. The molecule has 1 aliphatic heterocycles. The Hall–Kier alpha value is -1.30. The average Bonchev–Trinajstić information content (AvgIpc) is 2.88. The van der Waals surface area contributed by atoms with Crippen molar-refractivity contribution in [3.05, 3.63) is 0 Å². The molecule has 0 aromatic carbocycles. The second-order valence-corrected chi connectivity index (χ2v) is 7.74. The van der Waals surface area contributed by atoms with E-state index in [1.54, 1.807) is 4.90 Å². The summed E-state index contributed by atoms with van der Waals surface area (Å²) in [5, 5.41) is 3.40. The molecule has 132 valence electrons. The molecule has 23 heavy (non-hydrogen) atoms. The second kappa shape index (κ2) is 7.51. The lowest BCUT2D eigenvalue weighted by atomic mass is 10.1. The van der Waals surface area contributed by atoms with Crippen molar-refractivity contribution in [1.29, 1.82) is 0 Å². The van der Waals surface area contributed by atoms with Crippen LogP contribution in [0, 0.1) is 5.92 Å². The number of carbonyl (C=O) groups excluding carboxylic acids is 2. The molecule has 0 bridgehead atoms. The molecule has 2 unspecified atom stereocenters. The van der Waals surface area contributed by atoms with Crippen LogP contribution in [-0.2, 0) is 9.53 Å². The lowest BCUT2D eigenvalue weighted by molar-refractivity contribution is -0.132. The van der Waals surface area contributed by atoms with Crippen molar-refractivity contribution in [2.45, 2.75) is 58.6 Å². The molecule has 6 nitrogen and oxygen atoms in total. The monoisotopic (exact) mass is 325 g/mol. The Balaban J connectivity index is 1.71. The summed E-state index contributed by atoms with van der Waals surface area (Å²) < 4.78 is 5.37.